The number of nitrogens with one attached hydrogen (secondary N) is 2. The minimum atomic E-state index is -0.474. The normalized spacial score (nSPS) is 10.1. The van der Waals surface area contributed by atoms with Crippen molar-refractivity contribution in [2.75, 3.05) is 12.4 Å². The molecule has 7 heteroatoms. The van der Waals surface area contributed by atoms with Crippen molar-refractivity contribution in [1.82, 2.24) is 10.2 Å². The van der Waals surface area contributed by atoms with Gasteiger partial charge in [0, 0.05) is 36.1 Å². The Morgan fingerprint density at radius 2 is 2.39 bits per heavy atom. The molecule has 18 heavy (non-hydrogen) atoms. The molecular formula is C11H12N4O3. The lowest BCUT2D eigenvalue weighted by Crippen LogP contribution is -2.00. The number of ether oxygens (including phenoxy) is 1. The Morgan fingerprint density at radius 1 is 1.56 bits per heavy atom. The van der Waals surface area contributed by atoms with Crippen LogP contribution >= 0.6 is 0 Å². The number of H-pyrrole nitrogens is 1. The number of aromatic nitrogens is 2. The Morgan fingerprint density at radius 3 is 3.00 bits per heavy atom. The molecule has 0 bridgehead atoms. The van der Waals surface area contributed by atoms with E-state index in [2.05, 4.69) is 15.5 Å². The molecule has 0 aliphatic rings. The Hall–Kier alpha value is -2.57. The fourth-order valence-corrected chi connectivity index (χ4v) is 1.52. The molecule has 0 saturated heterocycles. The number of nitrogens with zero attached hydrogens (tertiary/aromatic N) is 2. The quantitative estimate of drug-likeness (QED) is 0.623. The van der Waals surface area contributed by atoms with Crippen LogP contribution in [-0.4, -0.2) is 22.2 Å². The standard InChI is InChI=1S/C11H12N4O3/c1-18-11-4-9(2-3-10(11)15(16)17)12-5-8-6-13-14-7-8/h2-4,6-7,12H,5H2,1H3,(H,13,14). The van der Waals surface area contributed by atoms with Crippen molar-refractivity contribution in [2.24, 2.45) is 0 Å². The average Bonchev–Trinajstić information content (AvgIpc) is 2.88. The summed E-state index contributed by atoms with van der Waals surface area (Å²) in [7, 11) is 1.40. The van der Waals surface area contributed by atoms with E-state index in [9.17, 15) is 10.1 Å². The molecule has 94 valence electrons. The predicted octanol–water partition coefficient (Wildman–Crippen LogP) is 1.94. The molecule has 0 saturated carbocycles. The van der Waals surface area contributed by atoms with Gasteiger partial charge in [0.25, 0.3) is 0 Å². The van der Waals surface area contributed by atoms with Crippen LogP contribution in [0.3, 0.4) is 0 Å². The fourth-order valence-electron chi connectivity index (χ4n) is 1.52. The Bertz CT molecular complexity index is 539. The van der Waals surface area contributed by atoms with Crippen LogP contribution in [0.5, 0.6) is 5.75 Å². The first-order chi connectivity index (χ1) is 8.70. The van der Waals surface area contributed by atoms with Crippen molar-refractivity contribution in [3.05, 3.63) is 46.3 Å². The van der Waals surface area contributed by atoms with Gasteiger partial charge in [-0.25, -0.2) is 0 Å². The third-order valence-corrected chi connectivity index (χ3v) is 2.43. The second-order valence-electron chi connectivity index (χ2n) is 3.60. The van der Waals surface area contributed by atoms with E-state index in [0.717, 1.165) is 11.3 Å². The highest BCUT2D eigenvalue weighted by Gasteiger charge is 2.14. The zero-order valence-corrected chi connectivity index (χ0v) is 9.71. The SMILES string of the molecule is COc1cc(NCc2cn[nH]c2)ccc1[N+](=O)[O-]. The highest BCUT2D eigenvalue weighted by molar-refractivity contribution is 5.58. The lowest BCUT2D eigenvalue weighted by molar-refractivity contribution is -0.385. The number of hydrogen-bond donors (Lipinski definition) is 2. The van der Waals surface area contributed by atoms with Crippen molar-refractivity contribution >= 4 is 11.4 Å². The summed E-state index contributed by atoms with van der Waals surface area (Å²) >= 11 is 0. The molecule has 7 nitrogen and oxygen atoms in total. The number of methoxy groups -OCH3 is 1. The van der Waals surface area contributed by atoms with E-state index in [1.165, 1.54) is 13.2 Å². The van der Waals surface area contributed by atoms with Crippen LogP contribution in [-0.2, 0) is 6.54 Å². The van der Waals surface area contributed by atoms with Crippen LogP contribution in [0, 0.1) is 10.1 Å². The predicted molar refractivity (Wildman–Crippen MR) is 65.6 cm³/mol. The molecule has 0 aliphatic carbocycles. The number of nitro benzene ring substituents is 1. The highest BCUT2D eigenvalue weighted by atomic mass is 16.6. The molecule has 1 heterocycles. The molecule has 0 atom stereocenters. The van der Waals surface area contributed by atoms with Gasteiger partial charge in [-0.05, 0) is 6.07 Å². The number of nitro groups is 1. The molecule has 1 aromatic heterocycles. The van der Waals surface area contributed by atoms with Crippen molar-refractivity contribution in [3.8, 4) is 5.75 Å². The molecule has 0 amide bonds. The summed E-state index contributed by atoms with van der Waals surface area (Å²) in [4.78, 5) is 10.3. The van der Waals surface area contributed by atoms with E-state index in [-0.39, 0.29) is 11.4 Å². The van der Waals surface area contributed by atoms with Gasteiger partial charge >= 0.3 is 5.69 Å². The van der Waals surface area contributed by atoms with Gasteiger partial charge in [-0.1, -0.05) is 0 Å². The molecule has 0 aliphatic heterocycles. The molecule has 2 rings (SSSR count). The first-order valence-electron chi connectivity index (χ1n) is 5.24. The van der Waals surface area contributed by atoms with E-state index in [1.807, 2.05) is 0 Å². The van der Waals surface area contributed by atoms with Gasteiger partial charge in [-0.3, -0.25) is 15.2 Å². The number of rotatable bonds is 5. The van der Waals surface area contributed by atoms with Crippen LogP contribution in [0.4, 0.5) is 11.4 Å². The van der Waals surface area contributed by atoms with Gasteiger partial charge < -0.3 is 10.1 Å². The Balaban J connectivity index is 2.12. The van der Waals surface area contributed by atoms with Crippen molar-refractivity contribution in [1.29, 1.82) is 0 Å². The second-order valence-corrected chi connectivity index (χ2v) is 3.60. The van der Waals surface area contributed by atoms with Crippen molar-refractivity contribution in [3.63, 3.8) is 0 Å². The maximum atomic E-state index is 10.7. The minimum Gasteiger partial charge on any atom is -0.490 e. The maximum Gasteiger partial charge on any atom is 0.311 e. The summed E-state index contributed by atoms with van der Waals surface area (Å²) in [6, 6.07) is 4.65. The molecule has 2 N–H and O–H groups in total. The van der Waals surface area contributed by atoms with Gasteiger partial charge in [0.05, 0.1) is 18.2 Å². The second kappa shape index (κ2) is 5.17. The van der Waals surface area contributed by atoms with E-state index in [4.69, 9.17) is 4.74 Å². The summed E-state index contributed by atoms with van der Waals surface area (Å²) in [6.07, 6.45) is 3.48. The Kier molecular flexibility index (Phi) is 3.42. The zero-order chi connectivity index (χ0) is 13.0. The number of anilines is 1. The van der Waals surface area contributed by atoms with Crippen LogP contribution in [0.2, 0.25) is 0 Å². The molecule has 0 fully saturated rings. The van der Waals surface area contributed by atoms with E-state index in [0.29, 0.717) is 6.54 Å². The zero-order valence-electron chi connectivity index (χ0n) is 9.71. The smallest absolute Gasteiger partial charge is 0.311 e. The molecule has 1 aromatic carbocycles. The third-order valence-electron chi connectivity index (χ3n) is 2.43. The van der Waals surface area contributed by atoms with E-state index < -0.39 is 4.92 Å². The maximum absolute atomic E-state index is 10.7. The van der Waals surface area contributed by atoms with Crippen LogP contribution in [0.25, 0.3) is 0 Å². The van der Waals surface area contributed by atoms with Gasteiger partial charge in [-0.2, -0.15) is 5.10 Å². The summed E-state index contributed by atoms with van der Waals surface area (Å²) in [5, 5.41) is 20.4. The number of aromatic amines is 1. The molecule has 0 unspecified atom stereocenters. The van der Waals surface area contributed by atoms with Gasteiger partial charge in [-0.15, -0.1) is 0 Å². The molecular weight excluding hydrogens is 236 g/mol. The minimum absolute atomic E-state index is 0.0497. The number of benzene rings is 1. The third kappa shape index (κ3) is 2.57. The lowest BCUT2D eigenvalue weighted by atomic mass is 10.2. The van der Waals surface area contributed by atoms with E-state index >= 15 is 0 Å². The highest BCUT2D eigenvalue weighted by Crippen LogP contribution is 2.29. The molecule has 2 aromatic rings. The number of hydrogen-bond acceptors (Lipinski definition) is 5. The first-order valence-corrected chi connectivity index (χ1v) is 5.24. The lowest BCUT2D eigenvalue weighted by Gasteiger charge is -2.07. The van der Waals surface area contributed by atoms with Crippen LogP contribution < -0.4 is 10.1 Å². The summed E-state index contributed by atoms with van der Waals surface area (Å²) in [6.45, 7) is 0.581. The van der Waals surface area contributed by atoms with Crippen LogP contribution in [0.1, 0.15) is 5.56 Å². The van der Waals surface area contributed by atoms with Gasteiger partial charge in [0.2, 0.25) is 0 Å². The largest absolute Gasteiger partial charge is 0.490 e. The van der Waals surface area contributed by atoms with Crippen molar-refractivity contribution in [2.45, 2.75) is 6.54 Å². The Labute approximate surface area is 103 Å². The topological polar surface area (TPSA) is 93.1 Å². The molecule has 0 radical (unpaired) electrons. The summed E-state index contributed by atoms with van der Waals surface area (Å²) < 4.78 is 4.98. The first kappa shape index (κ1) is 11.9. The summed E-state index contributed by atoms with van der Waals surface area (Å²) in [5.74, 6) is 0.234. The molecule has 0 spiro atoms. The van der Waals surface area contributed by atoms with Gasteiger partial charge in [0.15, 0.2) is 5.75 Å². The fraction of sp³-hybridized carbons (Fsp3) is 0.182. The van der Waals surface area contributed by atoms with E-state index in [1.54, 1.807) is 24.5 Å². The van der Waals surface area contributed by atoms with Gasteiger partial charge in [0.1, 0.15) is 0 Å². The monoisotopic (exact) mass is 248 g/mol. The average molecular weight is 248 g/mol. The summed E-state index contributed by atoms with van der Waals surface area (Å²) in [5.41, 5.74) is 1.69. The van der Waals surface area contributed by atoms with Crippen LogP contribution in [0.15, 0.2) is 30.6 Å². The van der Waals surface area contributed by atoms with Crippen molar-refractivity contribution < 1.29 is 9.66 Å².